The van der Waals surface area contributed by atoms with Crippen LogP contribution >= 0.6 is 0 Å². The van der Waals surface area contributed by atoms with Gasteiger partial charge in [-0.3, -0.25) is 0 Å². The third-order valence-electron chi connectivity index (χ3n) is 3.46. The zero-order valence-corrected chi connectivity index (χ0v) is 14.3. The van der Waals surface area contributed by atoms with Gasteiger partial charge in [-0.1, -0.05) is 0 Å². The summed E-state index contributed by atoms with van der Waals surface area (Å²) in [5.41, 5.74) is 0.915. The van der Waals surface area contributed by atoms with Crippen LogP contribution in [0.25, 0.3) is 0 Å². The number of alkyl halides is 3. The van der Waals surface area contributed by atoms with Gasteiger partial charge in [-0.05, 0) is 0 Å². The molecular weight excluding hydrogens is 362 g/mol. The molecule has 0 unspecified atom stereocenters. The average molecular weight is 382 g/mol. The van der Waals surface area contributed by atoms with Crippen molar-refractivity contribution in [2.24, 2.45) is 5.92 Å². The predicted octanol–water partition coefficient (Wildman–Crippen LogP) is 2.10. The van der Waals surface area contributed by atoms with Gasteiger partial charge in [-0.25, -0.2) is 0 Å². The van der Waals surface area contributed by atoms with Crippen LogP contribution in [0.3, 0.4) is 0 Å². The maximum atomic E-state index is 12.7. The van der Waals surface area contributed by atoms with Crippen molar-refractivity contribution >= 4 is 19.4 Å². The summed E-state index contributed by atoms with van der Waals surface area (Å²) in [6, 6.07) is 3.37. The first-order valence-corrected chi connectivity index (χ1v) is 8.85. The summed E-state index contributed by atoms with van der Waals surface area (Å²) in [5.74, 6) is 1.32. The molecule has 1 fully saturated rings. The minimum atomic E-state index is -4.24. The molecule has 1 aromatic rings. The first-order valence-electron chi connectivity index (χ1n) is 7.14. The molecule has 0 bridgehead atoms. The zero-order chi connectivity index (χ0) is 16.2. The molecule has 124 valence electrons. The summed E-state index contributed by atoms with van der Waals surface area (Å²) in [5, 5.41) is -0.869. The van der Waals surface area contributed by atoms with Crippen LogP contribution in [0, 0.1) is 5.92 Å². The van der Waals surface area contributed by atoms with E-state index in [-0.39, 0.29) is 16.0 Å². The molecule has 0 saturated heterocycles. The van der Waals surface area contributed by atoms with Crippen molar-refractivity contribution in [2.45, 2.75) is 24.3 Å². The van der Waals surface area contributed by atoms with Gasteiger partial charge in [0.1, 0.15) is 0 Å². The number of benzene rings is 1. The first kappa shape index (κ1) is 17.4. The summed E-state index contributed by atoms with van der Waals surface area (Å²) in [6.45, 7) is 1.82. The van der Waals surface area contributed by atoms with Crippen molar-refractivity contribution in [1.29, 1.82) is 0 Å². The van der Waals surface area contributed by atoms with Crippen molar-refractivity contribution in [2.75, 3.05) is 27.3 Å². The van der Waals surface area contributed by atoms with Gasteiger partial charge < -0.3 is 0 Å². The topological polar surface area (TPSA) is 30.5 Å². The number of nitrogens with one attached hydrogen (secondary N) is 1. The van der Waals surface area contributed by atoms with Crippen LogP contribution in [0.1, 0.15) is 18.4 Å². The molecule has 0 amide bonds. The second kappa shape index (κ2) is 7.57. The second-order valence-corrected chi connectivity index (χ2v) is 7.53. The molecule has 1 aliphatic carbocycles. The minimum absolute atomic E-state index is 0.111. The van der Waals surface area contributed by atoms with Crippen LogP contribution in [0.4, 0.5) is 13.2 Å². The van der Waals surface area contributed by atoms with E-state index in [1.165, 1.54) is 27.1 Å². The van der Waals surface area contributed by atoms with Crippen LogP contribution in [0.5, 0.6) is 11.5 Å². The Morgan fingerprint density at radius 1 is 1.18 bits per heavy atom. The van der Waals surface area contributed by atoms with Gasteiger partial charge in [0.2, 0.25) is 0 Å². The van der Waals surface area contributed by atoms with Crippen LogP contribution in [-0.4, -0.2) is 47.3 Å². The number of hydrogen-bond acceptors (Lipinski definition) is 3. The Labute approximate surface area is 134 Å². The number of ether oxygens (including phenoxy) is 2. The average Bonchev–Trinajstić information content (AvgIpc) is 3.27. The van der Waals surface area contributed by atoms with E-state index in [0.717, 1.165) is 31.0 Å². The molecule has 7 heteroatoms. The van der Waals surface area contributed by atoms with Gasteiger partial charge in [0.25, 0.3) is 0 Å². The fourth-order valence-electron chi connectivity index (χ4n) is 2.16. The third kappa shape index (κ3) is 5.38. The van der Waals surface area contributed by atoms with E-state index in [1.54, 1.807) is 12.1 Å². The molecule has 1 saturated carbocycles. The van der Waals surface area contributed by atoms with Crippen LogP contribution in [0.15, 0.2) is 12.1 Å². The number of methoxy groups -OCH3 is 2. The predicted molar refractivity (Wildman–Crippen MR) is 80.3 cm³/mol. The van der Waals surface area contributed by atoms with E-state index in [4.69, 9.17) is 9.47 Å². The van der Waals surface area contributed by atoms with Crippen LogP contribution < -0.4 is 19.3 Å². The molecule has 2 rings (SSSR count). The standard InChI is InChI=1S/C15H20F3NO2Se/c1-20-12-7-11(5-6-19-9-10-3-4-10)8-13(21-2)14(12)22-15(16,17)18/h7-8,10,19H,3-6,9H2,1-2H3. The van der Waals surface area contributed by atoms with E-state index in [9.17, 15) is 13.2 Å². The van der Waals surface area contributed by atoms with E-state index >= 15 is 0 Å². The van der Waals surface area contributed by atoms with Crippen molar-refractivity contribution in [3.05, 3.63) is 17.7 Å². The molecule has 1 aromatic carbocycles. The summed E-state index contributed by atoms with van der Waals surface area (Å²) in [4.78, 5) is 0. The number of rotatable bonds is 8. The zero-order valence-electron chi connectivity index (χ0n) is 12.6. The van der Waals surface area contributed by atoms with E-state index in [0.29, 0.717) is 0 Å². The van der Waals surface area contributed by atoms with E-state index in [1.807, 2.05) is 0 Å². The molecule has 0 heterocycles. The molecule has 3 nitrogen and oxygen atoms in total. The van der Waals surface area contributed by atoms with Gasteiger partial charge in [0.15, 0.2) is 0 Å². The molecule has 22 heavy (non-hydrogen) atoms. The molecule has 1 aliphatic rings. The van der Waals surface area contributed by atoms with Crippen molar-refractivity contribution in [3.8, 4) is 11.5 Å². The molecular formula is C15H20F3NO2Se. The Morgan fingerprint density at radius 2 is 1.77 bits per heavy atom. The Morgan fingerprint density at radius 3 is 2.23 bits per heavy atom. The van der Waals surface area contributed by atoms with Gasteiger partial charge in [-0.2, -0.15) is 0 Å². The van der Waals surface area contributed by atoms with E-state index < -0.39 is 20.0 Å². The SMILES string of the molecule is COc1cc(CCNCC2CC2)cc(OC)c1[Se]C(F)(F)F. The van der Waals surface area contributed by atoms with Gasteiger partial charge >= 0.3 is 134 Å². The van der Waals surface area contributed by atoms with Crippen LogP contribution in [-0.2, 0) is 6.42 Å². The second-order valence-electron chi connectivity index (χ2n) is 5.27. The maximum absolute atomic E-state index is 12.7. The molecule has 0 atom stereocenters. The summed E-state index contributed by atoms with van der Waals surface area (Å²) in [6.07, 6.45) is 3.32. The van der Waals surface area contributed by atoms with Crippen molar-refractivity contribution in [1.82, 2.24) is 5.32 Å². The van der Waals surface area contributed by atoms with Gasteiger partial charge in [0, 0.05) is 0 Å². The van der Waals surface area contributed by atoms with Gasteiger partial charge in [-0.15, -0.1) is 0 Å². The fraction of sp³-hybridized carbons (Fsp3) is 0.600. The molecule has 0 spiro atoms. The molecule has 1 N–H and O–H groups in total. The fourth-order valence-corrected chi connectivity index (χ4v) is 3.66. The monoisotopic (exact) mass is 383 g/mol. The third-order valence-corrected chi connectivity index (χ3v) is 5.22. The summed E-state index contributed by atoms with van der Waals surface area (Å²) < 4.78 is 48.5. The normalized spacial score (nSPS) is 15.0. The number of halogens is 3. The Hall–Kier alpha value is -0.911. The summed E-state index contributed by atoms with van der Waals surface area (Å²) >= 11 is -1.69. The number of hydrogen-bond donors (Lipinski definition) is 1. The van der Waals surface area contributed by atoms with E-state index in [2.05, 4.69) is 5.32 Å². The first-order chi connectivity index (χ1) is 10.4. The van der Waals surface area contributed by atoms with Crippen molar-refractivity contribution in [3.63, 3.8) is 0 Å². The van der Waals surface area contributed by atoms with Crippen molar-refractivity contribution < 1.29 is 22.6 Å². The molecule has 0 radical (unpaired) electrons. The molecule has 0 aromatic heterocycles. The Balaban J connectivity index is 2.07. The van der Waals surface area contributed by atoms with Crippen LogP contribution in [0.2, 0.25) is 0 Å². The molecule has 0 aliphatic heterocycles. The Kier molecular flexibility index (Phi) is 6.01. The van der Waals surface area contributed by atoms with Gasteiger partial charge in [0.05, 0.1) is 0 Å². The quantitative estimate of drug-likeness (QED) is 0.552. The Bertz CT molecular complexity index is 479. The summed E-state index contributed by atoms with van der Waals surface area (Å²) in [7, 11) is 2.78.